The first-order chi connectivity index (χ1) is 13.2. The summed E-state index contributed by atoms with van der Waals surface area (Å²) in [6.07, 6.45) is 4.56. The molecule has 6 nitrogen and oxygen atoms in total. The summed E-state index contributed by atoms with van der Waals surface area (Å²) < 4.78 is 11.4. The first-order valence-electron chi connectivity index (χ1n) is 9.43. The minimum atomic E-state index is 0.0736. The maximum atomic E-state index is 5.72. The highest BCUT2D eigenvalue weighted by molar-refractivity contribution is 5.80. The van der Waals surface area contributed by atoms with Gasteiger partial charge in [0.15, 0.2) is 17.5 Å². The minimum absolute atomic E-state index is 0.0736. The Labute approximate surface area is 162 Å². The first-order valence-corrected chi connectivity index (χ1v) is 9.43. The van der Waals surface area contributed by atoms with Gasteiger partial charge in [-0.15, -0.1) is 0 Å². The molecule has 0 saturated heterocycles. The van der Waals surface area contributed by atoms with Crippen LogP contribution < -0.4 is 20.1 Å². The molecule has 0 bridgehead atoms. The Balaban J connectivity index is 1.95. The van der Waals surface area contributed by atoms with E-state index in [4.69, 9.17) is 9.47 Å². The standard InChI is InChI=1S/C21H30N4O2/c1-5-26-19-10-9-18(14-20(19)27-6-2)16(3)25-21(22-4)24-13-11-17-8-7-12-23-15-17/h7-10,12,14-16H,5-6,11,13H2,1-4H3,(H2,22,24,25). The molecule has 0 saturated carbocycles. The molecule has 2 N–H and O–H groups in total. The van der Waals surface area contributed by atoms with Crippen molar-refractivity contribution in [1.29, 1.82) is 0 Å². The number of hydrogen-bond donors (Lipinski definition) is 2. The van der Waals surface area contributed by atoms with Gasteiger partial charge in [0, 0.05) is 26.0 Å². The van der Waals surface area contributed by atoms with Crippen molar-refractivity contribution < 1.29 is 9.47 Å². The van der Waals surface area contributed by atoms with Crippen molar-refractivity contribution in [1.82, 2.24) is 15.6 Å². The summed E-state index contributed by atoms with van der Waals surface area (Å²) in [6, 6.07) is 10.1. The van der Waals surface area contributed by atoms with Gasteiger partial charge in [0.2, 0.25) is 0 Å². The molecule has 0 spiro atoms. The average molecular weight is 370 g/mol. The molecule has 1 unspecified atom stereocenters. The zero-order chi connectivity index (χ0) is 19.5. The van der Waals surface area contributed by atoms with Crippen LogP contribution in [-0.2, 0) is 6.42 Å². The molecule has 2 aromatic rings. The van der Waals surface area contributed by atoms with Crippen molar-refractivity contribution >= 4 is 5.96 Å². The Bertz CT molecular complexity index is 719. The van der Waals surface area contributed by atoms with Crippen molar-refractivity contribution in [2.24, 2.45) is 4.99 Å². The third-order valence-electron chi connectivity index (χ3n) is 4.07. The number of ether oxygens (including phenoxy) is 2. The number of benzene rings is 1. The molecule has 0 fully saturated rings. The summed E-state index contributed by atoms with van der Waals surface area (Å²) in [6.45, 7) is 8.03. The lowest BCUT2D eigenvalue weighted by Crippen LogP contribution is -2.39. The zero-order valence-corrected chi connectivity index (χ0v) is 16.7. The Morgan fingerprint density at radius 1 is 1.15 bits per heavy atom. The highest BCUT2D eigenvalue weighted by atomic mass is 16.5. The summed E-state index contributed by atoms with van der Waals surface area (Å²) in [5.41, 5.74) is 2.30. The van der Waals surface area contributed by atoms with Crippen LogP contribution in [0.25, 0.3) is 0 Å². The fraction of sp³-hybridized carbons (Fsp3) is 0.429. The van der Waals surface area contributed by atoms with Crippen molar-refractivity contribution in [2.45, 2.75) is 33.2 Å². The van der Waals surface area contributed by atoms with Crippen LogP contribution >= 0.6 is 0 Å². The van der Waals surface area contributed by atoms with Crippen LogP contribution in [0.4, 0.5) is 0 Å². The number of nitrogens with zero attached hydrogens (tertiary/aromatic N) is 2. The SMILES string of the molecule is CCOc1ccc(C(C)NC(=NC)NCCc2cccnc2)cc1OCC. The van der Waals surface area contributed by atoms with Gasteiger partial charge in [-0.05, 0) is 56.5 Å². The molecule has 0 aliphatic rings. The zero-order valence-electron chi connectivity index (χ0n) is 16.7. The molecule has 6 heteroatoms. The van der Waals surface area contributed by atoms with Gasteiger partial charge >= 0.3 is 0 Å². The van der Waals surface area contributed by atoms with Crippen molar-refractivity contribution in [3.8, 4) is 11.5 Å². The lowest BCUT2D eigenvalue weighted by molar-refractivity contribution is 0.287. The van der Waals surface area contributed by atoms with E-state index in [9.17, 15) is 0 Å². The van der Waals surface area contributed by atoms with Crippen molar-refractivity contribution in [3.63, 3.8) is 0 Å². The maximum absolute atomic E-state index is 5.72. The van der Waals surface area contributed by atoms with Gasteiger partial charge in [-0.25, -0.2) is 0 Å². The number of rotatable bonds is 9. The van der Waals surface area contributed by atoms with E-state index in [1.165, 1.54) is 5.56 Å². The fourth-order valence-electron chi connectivity index (χ4n) is 2.69. The van der Waals surface area contributed by atoms with Gasteiger partial charge in [-0.2, -0.15) is 0 Å². The number of aromatic nitrogens is 1. The molecule has 1 aromatic carbocycles. The predicted molar refractivity (Wildman–Crippen MR) is 110 cm³/mol. The molecule has 1 atom stereocenters. The van der Waals surface area contributed by atoms with Crippen LogP contribution in [0.1, 0.15) is 37.9 Å². The van der Waals surface area contributed by atoms with E-state index in [1.54, 1.807) is 13.2 Å². The van der Waals surface area contributed by atoms with E-state index >= 15 is 0 Å². The highest BCUT2D eigenvalue weighted by Gasteiger charge is 2.12. The average Bonchev–Trinajstić information content (AvgIpc) is 2.69. The van der Waals surface area contributed by atoms with E-state index in [0.29, 0.717) is 13.2 Å². The number of aliphatic imine (C=N–C) groups is 1. The summed E-state index contributed by atoms with van der Waals surface area (Å²) in [4.78, 5) is 8.45. The van der Waals surface area contributed by atoms with Crippen LogP contribution in [-0.4, -0.2) is 37.7 Å². The third kappa shape index (κ3) is 6.47. The molecule has 0 radical (unpaired) electrons. The van der Waals surface area contributed by atoms with Gasteiger partial charge in [-0.1, -0.05) is 12.1 Å². The monoisotopic (exact) mass is 370 g/mol. The number of hydrogen-bond acceptors (Lipinski definition) is 4. The molecule has 146 valence electrons. The second-order valence-corrected chi connectivity index (χ2v) is 6.05. The predicted octanol–water partition coefficient (Wildman–Crippen LogP) is 3.35. The molecular formula is C21H30N4O2. The minimum Gasteiger partial charge on any atom is -0.490 e. The van der Waals surface area contributed by atoms with Crippen molar-refractivity contribution in [2.75, 3.05) is 26.8 Å². The Hall–Kier alpha value is -2.76. The second-order valence-electron chi connectivity index (χ2n) is 6.05. The van der Waals surface area contributed by atoms with Gasteiger partial charge in [-0.3, -0.25) is 9.98 Å². The molecule has 1 aromatic heterocycles. The van der Waals surface area contributed by atoms with Gasteiger partial charge in [0.05, 0.1) is 19.3 Å². The third-order valence-corrected chi connectivity index (χ3v) is 4.07. The van der Waals surface area contributed by atoms with Gasteiger partial charge < -0.3 is 20.1 Å². The second kappa shape index (κ2) is 11.1. The molecular weight excluding hydrogens is 340 g/mol. The lowest BCUT2D eigenvalue weighted by atomic mass is 10.1. The summed E-state index contributed by atoms with van der Waals surface area (Å²) in [7, 11) is 1.77. The Morgan fingerprint density at radius 3 is 2.59 bits per heavy atom. The lowest BCUT2D eigenvalue weighted by Gasteiger charge is -2.20. The number of pyridine rings is 1. The molecule has 0 aliphatic heterocycles. The van der Waals surface area contributed by atoms with Crippen LogP contribution in [0, 0.1) is 0 Å². The smallest absolute Gasteiger partial charge is 0.191 e. The summed E-state index contributed by atoms with van der Waals surface area (Å²) in [5.74, 6) is 2.30. The fourth-order valence-corrected chi connectivity index (χ4v) is 2.69. The summed E-state index contributed by atoms with van der Waals surface area (Å²) >= 11 is 0. The maximum Gasteiger partial charge on any atom is 0.191 e. The molecule has 0 aliphatic carbocycles. The molecule has 1 heterocycles. The first kappa shape index (κ1) is 20.6. The number of guanidine groups is 1. The molecule has 0 amide bonds. The topological polar surface area (TPSA) is 67.8 Å². The largest absolute Gasteiger partial charge is 0.490 e. The van der Waals surface area contributed by atoms with Crippen LogP contribution in [0.5, 0.6) is 11.5 Å². The Kier molecular flexibility index (Phi) is 8.42. The van der Waals surface area contributed by atoms with E-state index in [1.807, 2.05) is 44.3 Å². The van der Waals surface area contributed by atoms with Crippen LogP contribution in [0.2, 0.25) is 0 Å². The van der Waals surface area contributed by atoms with Crippen LogP contribution in [0.15, 0.2) is 47.7 Å². The number of nitrogens with one attached hydrogen (secondary N) is 2. The highest BCUT2D eigenvalue weighted by Crippen LogP contribution is 2.30. The van der Waals surface area contributed by atoms with Gasteiger partial charge in [0.25, 0.3) is 0 Å². The van der Waals surface area contributed by atoms with E-state index in [2.05, 4.69) is 33.6 Å². The van der Waals surface area contributed by atoms with Crippen molar-refractivity contribution in [3.05, 3.63) is 53.9 Å². The Morgan fingerprint density at radius 2 is 1.93 bits per heavy atom. The summed E-state index contributed by atoms with van der Waals surface area (Å²) in [5, 5.41) is 6.76. The van der Waals surface area contributed by atoms with E-state index < -0.39 is 0 Å². The van der Waals surface area contributed by atoms with Crippen LogP contribution in [0.3, 0.4) is 0 Å². The van der Waals surface area contributed by atoms with Gasteiger partial charge in [0.1, 0.15) is 0 Å². The quantitative estimate of drug-likeness (QED) is 0.523. The molecule has 27 heavy (non-hydrogen) atoms. The molecule has 2 rings (SSSR count). The normalized spacial score (nSPS) is 12.4. The van der Waals surface area contributed by atoms with E-state index in [-0.39, 0.29) is 6.04 Å². The van der Waals surface area contributed by atoms with E-state index in [0.717, 1.165) is 36.0 Å².